The Morgan fingerprint density at radius 3 is 2.42 bits per heavy atom. The molecule has 0 aromatic heterocycles. The monoisotopic (exact) mass is 179 g/mol. The Morgan fingerprint density at radius 1 is 1.25 bits per heavy atom. The van der Waals surface area contributed by atoms with Crippen molar-refractivity contribution in [2.45, 2.75) is 19.4 Å². The lowest BCUT2D eigenvalue weighted by Crippen LogP contribution is -2.42. The van der Waals surface area contributed by atoms with Crippen LogP contribution in [0.25, 0.3) is 0 Å². The predicted octanol–water partition coefficient (Wildman–Crippen LogP) is 1.25. The minimum absolute atomic E-state index is 0.821. The molecule has 66 valence electrons. The molecule has 0 amide bonds. The summed E-state index contributed by atoms with van der Waals surface area (Å²) in [5.74, 6) is 0. The average molecular weight is 179 g/mol. The summed E-state index contributed by atoms with van der Waals surface area (Å²) in [5.41, 5.74) is 0. The lowest BCUT2D eigenvalue weighted by atomic mass is 10.4. The van der Waals surface area contributed by atoms with E-state index in [1.165, 1.54) is 17.7 Å². The molecule has 0 heterocycles. The lowest BCUT2D eigenvalue weighted by Gasteiger charge is -2.12. The molecular weight excluding hydrogens is 162 g/mol. The molecule has 1 rings (SSSR count). The second-order valence-corrected chi connectivity index (χ2v) is 5.97. The second kappa shape index (κ2) is 5.12. The van der Waals surface area contributed by atoms with Crippen LogP contribution < -0.4 is 10.2 Å². The maximum atomic E-state index is 3.46. The smallest absolute Gasteiger partial charge is 0.140 e. The maximum Gasteiger partial charge on any atom is 0.140 e. The van der Waals surface area contributed by atoms with E-state index in [4.69, 9.17) is 0 Å². The summed E-state index contributed by atoms with van der Waals surface area (Å²) < 4.78 is 0. The van der Waals surface area contributed by atoms with E-state index in [2.05, 4.69) is 49.3 Å². The van der Waals surface area contributed by atoms with Gasteiger partial charge in [0.2, 0.25) is 0 Å². The van der Waals surface area contributed by atoms with Crippen molar-refractivity contribution in [1.29, 1.82) is 0 Å². The molecule has 1 N–H and O–H groups in total. The number of hydrogen-bond donors (Lipinski definition) is 1. The van der Waals surface area contributed by atoms with Crippen molar-refractivity contribution in [1.82, 2.24) is 4.98 Å². The first-order valence-corrected chi connectivity index (χ1v) is 6.57. The molecule has 1 aromatic carbocycles. The molecule has 0 saturated heterocycles. The van der Waals surface area contributed by atoms with Crippen LogP contribution in [0.5, 0.6) is 0 Å². The van der Waals surface area contributed by atoms with E-state index in [1.807, 2.05) is 0 Å². The highest BCUT2D eigenvalue weighted by atomic mass is 28.3. The van der Waals surface area contributed by atoms with Gasteiger partial charge in [-0.2, -0.15) is 0 Å². The van der Waals surface area contributed by atoms with E-state index >= 15 is 0 Å². The van der Waals surface area contributed by atoms with Crippen molar-refractivity contribution in [2.75, 3.05) is 7.05 Å². The van der Waals surface area contributed by atoms with Gasteiger partial charge in [0, 0.05) is 0 Å². The molecule has 1 atom stereocenters. The summed E-state index contributed by atoms with van der Waals surface area (Å²) in [4.78, 5) is 3.46. The number of rotatable bonds is 4. The first-order chi connectivity index (χ1) is 5.88. The van der Waals surface area contributed by atoms with Gasteiger partial charge in [0.15, 0.2) is 0 Å². The zero-order valence-electron chi connectivity index (χ0n) is 7.88. The minimum Gasteiger partial charge on any atom is -0.339 e. The van der Waals surface area contributed by atoms with Gasteiger partial charge in [-0.25, -0.2) is 0 Å². The van der Waals surface area contributed by atoms with E-state index in [0.29, 0.717) is 0 Å². The van der Waals surface area contributed by atoms with Crippen LogP contribution >= 0.6 is 0 Å². The summed E-state index contributed by atoms with van der Waals surface area (Å²) in [6, 6.07) is 12.2. The van der Waals surface area contributed by atoms with Gasteiger partial charge in [0.1, 0.15) is 8.96 Å². The SMILES string of the molecule is CCC[SiH](NC)c1ccccc1. The van der Waals surface area contributed by atoms with Gasteiger partial charge >= 0.3 is 0 Å². The van der Waals surface area contributed by atoms with Crippen molar-refractivity contribution in [3.63, 3.8) is 0 Å². The van der Waals surface area contributed by atoms with Gasteiger partial charge in [-0.3, -0.25) is 0 Å². The van der Waals surface area contributed by atoms with Crippen LogP contribution in [0, 0.1) is 0 Å². The molecule has 0 saturated carbocycles. The van der Waals surface area contributed by atoms with E-state index < -0.39 is 8.96 Å². The third-order valence-corrected chi connectivity index (χ3v) is 5.17. The van der Waals surface area contributed by atoms with Crippen LogP contribution in [0.3, 0.4) is 0 Å². The van der Waals surface area contributed by atoms with E-state index in [0.717, 1.165) is 0 Å². The Labute approximate surface area is 76.5 Å². The van der Waals surface area contributed by atoms with Gasteiger partial charge in [0.05, 0.1) is 0 Å². The number of nitrogens with one attached hydrogen (secondary N) is 1. The zero-order chi connectivity index (χ0) is 8.81. The number of hydrogen-bond acceptors (Lipinski definition) is 1. The molecule has 1 nitrogen and oxygen atoms in total. The predicted molar refractivity (Wildman–Crippen MR) is 57.4 cm³/mol. The first kappa shape index (κ1) is 9.48. The van der Waals surface area contributed by atoms with Crippen molar-refractivity contribution in [2.24, 2.45) is 0 Å². The largest absolute Gasteiger partial charge is 0.339 e. The molecule has 2 heteroatoms. The Balaban J connectivity index is 2.66. The molecule has 0 radical (unpaired) electrons. The molecule has 0 fully saturated rings. The Bertz CT molecular complexity index is 210. The van der Waals surface area contributed by atoms with Crippen LogP contribution in [0.15, 0.2) is 30.3 Å². The summed E-state index contributed by atoms with van der Waals surface area (Å²) in [6.45, 7) is 2.25. The number of benzene rings is 1. The van der Waals surface area contributed by atoms with Crippen molar-refractivity contribution in [3.05, 3.63) is 30.3 Å². The summed E-state index contributed by atoms with van der Waals surface area (Å²) in [6.07, 6.45) is 1.28. The molecule has 0 bridgehead atoms. The fraction of sp³-hybridized carbons (Fsp3) is 0.400. The first-order valence-electron chi connectivity index (χ1n) is 4.60. The van der Waals surface area contributed by atoms with Crippen LogP contribution in [0.1, 0.15) is 13.3 Å². The molecule has 0 aliphatic heterocycles. The third kappa shape index (κ3) is 2.46. The highest BCUT2D eigenvalue weighted by Gasteiger charge is 2.08. The molecule has 12 heavy (non-hydrogen) atoms. The molecule has 0 aliphatic rings. The Kier molecular flexibility index (Phi) is 4.04. The Morgan fingerprint density at radius 2 is 1.92 bits per heavy atom. The van der Waals surface area contributed by atoms with E-state index in [9.17, 15) is 0 Å². The van der Waals surface area contributed by atoms with Crippen LogP contribution in [0.2, 0.25) is 6.04 Å². The normalized spacial score (nSPS) is 12.8. The fourth-order valence-corrected chi connectivity index (χ4v) is 3.67. The standard InChI is InChI=1S/C10H17NSi/c1-3-9-12(11-2)10-7-5-4-6-8-10/h4-8,11-12H,3,9H2,1-2H3. The van der Waals surface area contributed by atoms with Gasteiger partial charge < -0.3 is 4.98 Å². The fourth-order valence-electron chi connectivity index (χ4n) is 1.45. The van der Waals surface area contributed by atoms with Gasteiger partial charge in [-0.1, -0.05) is 43.7 Å². The lowest BCUT2D eigenvalue weighted by molar-refractivity contribution is 1.03. The van der Waals surface area contributed by atoms with Crippen molar-refractivity contribution < 1.29 is 0 Å². The Hall–Kier alpha value is -0.603. The summed E-state index contributed by atoms with van der Waals surface area (Å²) in [7, 11) is 1.26. The van der Waals surface area contributed by atoms with Gasteiger partial charge in [-0.15, -0.1) is 0 Å². The van der Waals surface area contributed by atoms with E-state index in [-0.39, 0.29) is 0 Å². The third-order valence-electron chi connectivity index (χ3n) is 2.13. The molecule has 0 spiro atoms. The van der Waals surface area contributed by atoms with Crippen molar-refractivity contribution in [3.8, 4) is 0 Å². The topological polar surface area (TPSA) is 12.0 Å². The van der Waals surface area contributed by atoms with E-state index in [1.54, 1.807) is 0 Å². The zero-order valence-corrected chi connectivity index (χ0v) is 9.03. The van der Waals surface area contributed by atoms with Gasteiger partial charge in [0.25, 0.3) is 0 Å². The quantitative estimate of drug-likeness (QED) is 0.686. The minimum atomic E-state index is -0.821. The molecule has 1 unspecified atom stereocenters. The maximum absolute atomic E-state index is 3.46. The average Bonchev–Trinajstić information content (AvgIpc) is 2.15. The second-order valence-electron chi connectivity index (χ2n) is 3.04. The summed E-state index contributed by atoms with van der Waals surface area (Å²) >= 11 is 0. The van der Waals surface area contributed by atoms with Gasteiger partial charge in [-0.05, 0) is 18.3 Å². The molecular formula is C10H17NSi. The van der Waals surface area contributed by atoms with Crippen LogP contribution in [-0.2, 0) is 0 Å². The van der Waals surface area contributed by atoms with Crippen LogP contribution in [-0.4, -0.2) is 16.0 Å². The highest BCUT2D eigenvalue weighted by molar-refractivity contribution is 6.70. The van der Waals surface area contributed by atoms with Crippen molar-refractivity contribution >= 4 is 14.1 Å². The van der Waals surface area contributed by atoms with Crippen LogP contribution in [0.4, 0.5) is 0 Å². The summed E-state index contributed by atoms with van der Waals surface area (Å²) in [5, 5.41) is 1.53. The highest BCUT2D eigenvalue weighted by Crippen LogP contribution is 1.94. The molecule has 0 aliphatic carbocycles. The molecule has 1 aromatic rings.